The van der Waals surface area contributed by atoms with Gasteiger partial charge in [-0.1, -0.05) is 0 Å². The van der Waals surface area contributed by atoms with Crippen LogP contribution in [0.4, 0.5) is 13.2 Å². The lowest BCUT2D eigenvalue weighted by Crippen LogP contribution is -2.29. The van der Waals surface area contributed by atoms with Gasteiger partial charge in [-0.15, -0.1) is 0 Å². The van der Waals surface area contributed by atoms with Gasteiger partial charge in [-0.3, -0.25) is 4.79 Å². The number of nitrogens with two attached hydrogens (primary N) is 1. The molecule has 1 amide bonds. The van der Waals surface area contributed by atoms with Gasteiger partial charge in [-0.25, -0.2) is 0 Å². The van der Waals surface area contributed by atoms with Crippen molar-refractivity contribution in [1.82, 2.24) is 0 Å². The van der Waals surface area contributed by atoms with E-state index in [4.69, 9.17) is 0 Å². The molecular weight excluding hydrogens is 175 g/mol. The van der Waals surface area contributed by atoms with Gasteiger partial charge in [0.25, 0.3) is 0 Å². The van der Waals surface area contributed by atoms with E-state index in [0.717, 1.165) is 6.92 Å². The van der Waals surface area contributed by atoms with Crippen molar-refractivity contribution in [1.29, 1.82) is 0 Å². The summed E-state index contributed by atoms with van der Waals surface area (Å²) >= 11 is 0. The lowest BCUT2D eigenvalue weighted by molar-refractivity contribution is -0.214. The minimum Gasteiger partial charge on any atom is -0.370 e. The van der Waals surface area contributed by atoms with E-state index in [0.29, 0.717) is 0 Å². The maximum absolute atomic E-state index is 11.7. The Hall–Kier alpha value is -0.780. The number of amides is 1. The molecular formula is C6H10F3NO2. The zero-order chi connectivity index (χ0) is 9.78. The fourth-order valence-electron chi connectivity index (χ4n) is 0.431. The molecule has 0 saturated heterocycles. The Morgan fingerprint density at radius 1 is 1.58 bits per heavy atom. The summed E-state index contributed by atoms with van der Waals surface area (Å²) in [7, 11) is 0. The lowest BCUT2D eigenvalue weighted by Gasteiger charge is -2.15. The predicted octanol–water partition coefficient (Wildman–Crippen LogP) is 0.829. The van der Waals surface area contributed by atoms with E-state index in [2.05, 4.69) is 10.5 Å². The maximum Gasteiger partial charge on any atom is 0.414 e. The van der Waals surface area contributed by atoms with E-state index in [1.165, 1.54) is 0 Å². The first kappa shape index (κ1) is 11.2. The molecule has 0 aliphatic carbocycles. The van der Waals surface area contributed by atoms with Gasteiger partial charge in [0.2, 0.25) is 5.91 Å². The monoisotopic (exact) mass is 185 g/mol. The molecule has 0 spiro atoms. The third-order valence-corrected chi connectivity index (χ3v) is 1.18. The summed E-state index contributed by atoms with van der Waals surface area (Å²) in [5, 5.41) is 0. The molecule has 0 heterocycles. The molecule has 0 saturated carbocycles. The zero-order valence-corrected chi connectivity index (χ0v) is 6.52. The lowest BCUT2D eigenvalue weighted by atomic mass is 10.4. The number of carbonyl (C=O) groups excluding carboxylic acids is 1. The third-order valence-electron chi connectivity index (χ3n) is 1.18. The topological polar surface area (TPSA) is 52.3 Å². The third kappa shape index (κ3) is 4.95. The van der Waals surface area contributed by atoms with Crippen molar-refractivity contribution >= 4 is 5.91 Å². The Kier molecular flexibility index (Phi) is 4.02. The van der Waals surface area contributed by atoms with Crippen LogP contribution in [0.15, 0.2) is 0 Å². The van der Waals surface area contributed by atoms with E-state index in [9.17, 15) is 18.0 Å². The average Bonchev–Trinajstić information content (AvgIpc) is 1.84. The highest BCUT2D eigenvalue weighted by molar-refractivity contribution is 5.73. The summed E-state index contributed by atoms with van der Waals surface area (Å²) in [4.78, 5) is 10.1. The quantitative estimate of drug-likeness (QED) is 0.705. The number of ether oxygens (including phenoxy) is 1. The number of carbonyl (C=O) groups is 1. The molecule has 0 aliphatic rings. The van der Waals surface area contributed by atoms with E-state index in [-0.39, 0.29) is 13.0 Å². The number of hydrogen-bond donors (Lipinski definition) is 1. The van der Waals surface area contributed by atoms with Gasteiger partial charge >= 0.3 is 6.18 Å². The summed E-state index contributed by atoms with van der Waals surface area (Å²) in [6, 6.07) is 0. The molecule has 1 atom stereocenters. The normalized spacial score (nSPS) is 14.3. The molecule has 3 nitrogen and oxygen atoms in total. The highest BCUT2D eigenvalue weighted by atomic mass is 19.4. The van der Waals surface area contributed by atoms with Crippen LogP contribution < -0.4 is 5.73 Å². The van der Waals surface area contributed by atoms with Gasteiger partial charge in [-0.05, 0) is 6.92 Å². The second-order valence-electron chi connectivity index (χ2n) is 2.27. The van der Waals surface area contributed by atoms with Crippen molar-refractivity contribution in [3.05, 3.63) is 0 Å². The number of rotatable bonds is 4. The van der Waals surface area contributed by atoms with Crippen LogP contribution in [0.25, 0.3) is 0 Å². The van der Waals surface area contributed by atoms with Crippen molar-refractivity contribution in [2.75, 3.05) is 6.61 Å². The highest BCUT2D eigenvalue weighted by Gasteiger charge is 2.36. The average molecular weight is 185 g/mol. The summed E-state index contributed by atoms with van der Waals surface area (Å²) in [6.45, 7) is 0.580. The van der Waals surface area contributed by atoms with Gasteiger partial charge in [0.1, 0.15) is 0 Å². The summed E-state index contributed by atoms with van der Waals surface area (Å²) in [5.41, 5.74) is 4.69. The molecule has 72 valence electrons. The van der Waals surface area contributed by atoms with Crippen LogP contribution in [-0.4, -0.2) is 24.8 Å². The highest BCUT2D eigenvalue weighted by Crippen LogP contribution is 2.22. The fraction of sp³-hybridized carbons (Fsp3) is 0.833. The second kappa shape index (κ2) is 4.30. The zero-order valence-electron chi connectivity index (χ0n) is 6.52. The van der Waals surface area contributed by atoms with Gasteiger partial charge < -0.3 is 10.5 Å². The molecule has 0 bridgehead atoms. The second-order valence-corrected chi connectivity index (χ2v) is 2.27. The standard InChI is InChI=1S/C6H10F3NO2/c1-4(6(7,8)9)12-3-2-5(10)11/h4H,2-3H2,1H3,(H2,10,11). The molecule has 0 aromatic heterocycles. The van der Waals surface area contributed by atoms with Gasteiger partial charge in [0.15, 0.2) is 6.10 Å². The van der Waals surface area contributed by atoms with Crippen molar-refractivity contribution in [3.8, 4) is 0 Å². The van der Waals surface area contributed by atoms with Crippen LogP contribution in [0.5, 0.6) is 0 Å². The predicted molar refractivity (Wildman–Crippen MR) is 35.3 cm³/mol. The molecule has 6 heteroatoms. The van der Waals surface area contributed by atoms with Gasteiger partial charge in [0, 0.05) is 6.42 Å². The Morgan fingerprint density at radius 3 is 2.42 bits per heavy atom. The molecule has 0 rings (SSSR count). The van der Waals surface area contributed by atoms with Crippen molar-refractivity contribution in [3.63, 3.8) is 0 Å². The van der Waals surface area contributed by atoms with E-state index >= 15 is 0 Å². The molecule has 2 N–H and O–H groups in total. The van der Waals surface area contributed by atoms with Crippen molar-refractivity contribution < 1.29 is 22.7 Å². The Labute approximate surface area is 67.7 Å². The van der Waals surface area contributed by atoms with E-state index < -0.39 is 18.2 Å². The van der Waals surface area contributed by atoms with Crippen molar-refractivity contribution in [2.24, 2.45) is 5.73 Å². The summed E-state index contributed by atoms with van der Waals surface area (Å²) in [5.74, 6) is -0.677. The van der Waals surface area contributed by atoms with Crippen LogP contribution in [0.2, 0.25) is 0 Å². The number of halogens is 3. The maximum atomic E-state index is 11.7. The number of alkyl halides is 3. The summed E-state index contributed by atoms with van der Waals surface area (Å²) < 4.78 is 39.5. The largest absolute Gasteiger partial charge is 0.414 e. The molecule has 0 radical (unpaired) electrons. The minimum absolute atomic E-state index is 0.194. The Bertz CT molecular complexity index is 157. The van der Waals surface area contributed by atoms with Crippen molar-refractivity contribution in [2.45, 2.75) is 25.6 Å². The smallest absolute Gasteiger partial charge is 0.370 e. The number of primary amides is 1. The first-order valence-corrected chi connectivity index (χ1v) is 3.30. The van der Waals surface area contributed by atoms with E-state index in [1.807, 2.05) is 0 Å². The van der Waals surface area contributed by atoms with Gasteiger partial charge in [0.05, 0.1) is 6.61 Å². The molecule has 0 fully saturated rings. The summed E-state index contributed by atoms with van der Waals surface area (Å²) in [6.07, 6.45) is -6.42. The minimum atomic E-state index is -4.38. The molecule has 0 aromatic carbocycles. The molecule has 0 aromatic rings. The molecule has 1 unspecified atom stereocenters. The van der Waals surface area contributed by atoms with Crippen LogP contribution in [0.3, 0.4) is 0 Å². The Morgan fingerprint density at radius 2 is 2.08 bits per heavy atom. The fourth-order valence-corrected chi connectivity index (χ4v) is 0.431. The molecule has 12 heavy (non-hydrogen) atoms. The first-order valence-electron chi connectivity index (χ1n) is 3.30. The molecule has 0 aliphatic heterocycles. The van der Waals surface area contributed by atoms with E-state index in [1.54, 1.807) is 0 Å². The van der Waals surface area contributed by atoms with Crippen LogP contribution >= 0.6 is 0 Å². The van der Waals surface area contributed by atoms with Crippen LogP contribution in [-0.2, 0) is 9.53 Å². The number of hydrogen-bond acceptors (Lipinski definition) is 2. The Balaban J connectivity index is 3.58. The SMILES string of the molecule is CC(OCCC(N)=O)C(F)(F)F. The van der Waals surface area contributed by atoms with Gasteiger partial charge in [-0.2, -0.15) is 13.2 Å². The first-order chi connectivity index (χ1) is 5.34. The van der Waals surface area contributed by atoms with Crippen LogP contribution in [0.1, 0.15) is 13.3 Å². The van der Waals surface area contributed by atoms with Crippen LogP contribution in [0, 0.1) is 0 Å².